The van der Waals surface area contributed by atoms with E-state index in [9.17, 15) is 9.59 Å². The van der Waals surface area contributed by atoms with E-state index in [0.29, 0.717) is 11.2 Å². The summed E-state index contributed by atoms with van der Waals surface area (Å²) in [5, 5.41) is 8.76. The quantitative estimate of drug-likeness (QED) is 0.665. The van der Waals surface area contributed by atoms with E-state index in [4.69, 9.17) is 14.3 Å². The molecule has 1 unspecified atom stereocenters. The molecule has 0 saturated carbocycles. The third kappa shape index (κ3) is 2.03. The number of benzene rings is 1. The van der Waals surface area contributed by atoms with E-state index in [2.05, 4.69) is 0 Å². The number of aliphatic carboxylic acids is 1. The summed E-state index contributed by atoms with van der Waals surface area (Å²) in [7, 11) is 0. The van der Waals surface area contributed by atoms with Gasteiger partial charge in [-0.25, -0.2) is 0 Å². The number of carboxylic acids is 1. The van der Waals surface area contributed by atoms with Crippen LogP contribution in [-0.2, 0) is 19.9 Å². The van der Waals surface area contributed by atoms with E-state index >= 15 is 0 Å². The maximum atomic E-state index is 11.7. The summed E-state index contributed by atoms with van der Waals surface area (Å²) in [6.07, 6.45) is 0. The fraction of sp³-hybridized carbons (Fsp3) is 0.385. The second-order valence-electron chi connectivity index (χ2n) is 4.75. The zero-order valence-electron chi connectivity index (χ0n) is 10.4. The zero-order chi connectivity index (χ0) is 13.5. The van der Waals surface area contributed by atoms with Gasteiger partial charge in [0.15, 0.2) is 5.92 Å². The van der Waals surface area contributed by atoms with E-state index in [1.54, 1.807) is 26.0 Å². The lowest BCUT2D eigenvalue weighted by Gasteiger charge is -2.25. The second-order valence-corrected chi connectivity index (χ2v) is 4.75. The van der Waals surface area contributed by atoms with Gasteiger partial charge in [-0.2, -0.15) is 0 Å². The van der Waals surface area contributed by atoms with Crippen LogP contribution in [0.5, 0.6) is 0 Å². The van der Waals surface area contributed by atoms with Crippen molar-refractivity contribution in [3.63, 3.8) is 0 Å². The monoisotopic (exact) mass is 250 g/mol. The van der Waals surface area contributed by atoms with Gasteiger partial charge in [-0.1, -0.05) is 0 Å². The summed E-state index contributed by atoms with van der Waals surface area (Å²) in [4.78, 5) is 22.4. The molecule has 2 aromatic rings. The number of fused-ring (bicyclic) bond motifs is 2. The second kappa shape index (κ2) is 4.01. The van der Waals surface area contributed by atoms with Crippen molar-refractivity contribution in [1.29, 1.82) is 0 Å². The van der Waals surface area contributed by atoms with Crippen LogP contribution in [0.15, 0.2) is 22.6 Å². The molecule has 0 aromatic carbocycles. The van der Waals surface area contributed by atoms with Crippen LogP contribution in [0.4, 0.5) is 0 Å². The molecule has 0 saturated heterocycles. The van der Waals surface area contributed by atoms with Gasteiger partial charge in [0, 0.05) is 5.56 Å². The molecule has 0 aliphatic carbocycles. The van der Waals surface area contributed by atoms with Crippen molar-refractivity contribution < 1.29 is 23.8 Å². The number of furan rings is 2. The Labute approximate surface area is 104 Å². The molecule has 5 nitrogen and oxygen atoms in total. The number of hydrogen-bond donors (Lipinski definition) is 1. The van der Waals surface area contributed by atoms with Crippen LogP contribution in [0.1, 0.15) is 26.3 Å². The first-order chi connectivity index (χ1) is 8.31. The Morgan fingerprint density at radius 3 is 2.50 bits per heavy atom. The summed E-state index contributed by atoms with van der Waals surface area (Å²) in [6.45, 7) is 4.71. The fourth-order valence-electron chi connectivity index (χ4n) is 1.75. The summed E-state index contributed by atoms with van der Waals surface area (Å²) >= 11 is 0. The predicted molar refractivity (Wildman–Crippen MR) is 63.3 cm³/mol. The molecule has 0 amide bonds. The number of rotatable bonds is 4. The van der Waals surface area contributed by atoms with E-state index in [1.807, 2.05) is 6.07 Å². The maximum Gasteiger partial charge on any atom is 0.320 e. The largest absolute Gasteiger partial charge is 0.481 e. The van der Waals surface area contributed by atoms with E-state index in [0.717, 1.165) is 5.56 Å². The number of hydrogen-bond acceptors (Lipinski definition) is 4. The Morgan fingerprint density at radius 2 is 2.06 bits per heavy atom. The molecule has 2 aromatic heterocycles. The first-order valence-electron chi connectivity index (χ1n) is 5.59. The molecule has 5 heteroatoms. The third-order valence-corrected chi connectivity index (χ3v) is 2.91. The minimum absolute atomic E-state index is 0.644. The van der Waals surface area contributed by atoms with Crippen LogP contribution < -0.4 is 0 Å². The lowest BCUT2D eigenvalue weighted by Crippen LogP contribution is -2.31. The fourth-order valence-corrected chi connectivity index (χ4v) is 1.75. The Bertz CT molecular complexity index is 580. The maximum absolute atomic E-state index is 11.7. The van der Waals surface area contributed by atoms with Gasteiger partial charge >= 0.3 is 11.9 Å². The number of ether oxygens (including phenoxy) is 1. The minimum atomic E-state index is -1.20. The molecule has 0 fully saturated rings. The van der Waals surface area contributed by atoms with Gasteiger partial charge < -0.3 is 14.3 Å². The molecule has 18 heavy (non-hydrogen) atoms. The van der Waals surface area contributed by atoms with Crippen molar-refractivity contribution in [2.75, 3.05) is 0 Å². The van der Waals surface area contributed by atoms with Crippen molar-refractivity contribution >= 4 is 23.1 Å². The normalized spacial score (nSPS) is 13.7. The Morgan fingerprint density at radius 1 is 1.39 bits per heavy atom. The van der Waals surface area contributed by atoms with Crippen LogP contribution in [-0.4, -0.2) is 17.0 Å². The van der Waals surface area contributed by atoms with Crippen LogP contribution >= 0.6 is 0 Å². The smallest absolute Gasteiger partial charge is 0.320 e. The minimum Gasteiger partial charge on any atom is -0.481 e. The molecule has 1 N–H and O–H groups in total. The van der Waals surface area contributed by atoms with Gasteiger partial charge in [0.1, 0.15) is 16.8 Å². The molecule has 0 aliphatic rings. The highest BCUT2D eigenvalue weighted by Gasteiger charge is 2.33. The highest BCUT2D eigenvalue weighted by Crippen LogP contribution is 2.34. The number of esters is 1. The highest BCUT2D eigenvalue weighted by molar-refractivity contribution is 5.93. The highest BCUT2D eigenvalue weighted by atomic mass is 16.6. The van der Waals surface area contributed by atoms with Crippen LogP contribution in [0.2, 0.25) is 0 Å². The third-order valence-electron chi connectivity index (χ3n) is 2.91. The molecule has 2 rings (SSSR count). The zero-order valence-corrected chi connectivity index (χ0v) is 10.4. The number of carbonyl (C=O) groups is 2. The summed E-state index contributed by atoms with van der Waals surface area (Å²) in [6, 6.07) is 5.39. The van der Waals surface area contributed by atoms with Crippen LogP contribution in [0.25, 0.3) is 11.2 Å². The summed E-state index contributed by atoms with van der Waals surface area (Å²) in [5.74, 6) is -3.14. The molecular weight excluding hydrogens is 236 g/mol. The summed E-state index contributed by atoms with van der Waals surface area (Å²) in [5.41, 5.74) is 1.18. The molecule has 2 bridgehead atoms. The predicted octanol–water partition coefficient (Wildman–Crippen LogP) is 2.37. The molecule has 0 radical (unpaired) electrons. The number of carbonyl (C=O) groups excluding carboxylic acids is 1. The average molecular weight is 250 g/mol. The Hall–Kier alpha value is -2.04. The van der Waals surface area contributed by atoms with Crippen LogP contribution in [0.3, 0.4) is 0 Å². The Balaban J connectivity index is 2.19. The van der Waals surface area contributed by atoms with E-state index in [1.165, 1.54) is 6.92 Å². The number of carboxylic acid groups (broad SMARTS) is 1. The summed E-state index contributed by atoms with van der Waals surface area (Å²) < 4.78 is 10.6. The van der Waals surface area contributed by atoms with Gasteiger partial charge in [-0.05, 0) is 39.0 Å². The molecule has 0 spiro atoms. The van der Waals surface area contributed by atoms with Crippen molar-refractivity contribution in [1.82, 2.24) is 0 Å². The van der Waals surface area contributed by atoms with Crippen molar-refractivity contribution in [2.24, 2.45) is 5.92 Å². The van der Waals surface area contributed by atoms with Crippen molar-refractivity contribution in [3.05, 3.63) is 23.8 Å². The van der Waals surface area contributed by atoms with Gasteiger partial charge in [0.2, 0.25) is 0 Å². The lowest BCUT2D eigenvalue weighted by atomic mass is 9.98. The Kier molecular flexibility index (Phi) is 2.77. The molecular formula is C13H14O5. The van der Waals surface area contributed by atoms with Crippen molar-refractivity contribution in [2.45, 2.75) is 26.4 Å². The van der Waals surface area contributed by atoms with E-state index < -0.39 is 23.5 Å². The molecule has 1 atom stereocenters. The first kappa shape index (κ1) is 12.4. The first-order valence-corrected chi connectivity index (χ1v) is 5.59. The van der Waals surface area contributed by atoms with E-state index in [-0.39, 0.29) is 0 Å². The SMILES string of the molecule is CC(C(=O)O)C(=O)OC(C)(C)c1cc2ccc1o2. The van der Waals surface area contributed by atoms with Gasteiger partial charge in [-0.15, -0.1) is 0 Å². The average Bonchev–Trinajstić information content (AvgIpc) is 2.88. The standard InChI is InChI=1S/C13H14O5/c1-7(11(14)15)12(16)18-13(2,3)9-6-8-4-5-10(9)17-8/h4-7H,1-3H3,(H,14,15). The van der Waals surface area contributed by atoms with Crippen LogP contribution in [0, 0.1) is 5.92 Å². The molecule has 2 heterocycles. The van der Waals surface area contributed by atoms with Crippen molar-refractivity contribution in [3.8, 4) is 0 Å². The lowest BCUT2D eigenvalue weighted by molar-refractivity contribution is -0.167. The molecule has 96 valence electrons. The van der Waals surface area contributed by atoms with Gasteiger partial charge in [0.25, 0.3) is 0 Å². The molecule has 0 aliphatic heterocycles. The topological polar surface area (TPSA) is 76.7 Å². The van der Waals surface area contributed by atoms with Gasteiger partial charge in [-0.3, -0.25) is 9.59 Å². The van der Waals surface area contributed by atoms with Gasteiger partial charge in [0.05, 0.1) is 0 Å².